The van der Waals surface area contributed by atoms with Gasteiger partial charge in [-0.3, -0.25) is 0 Å². The number of aliphatic hydroxyl groups excluding tert-OH is 1. The zero-order chi connectivity index (χ0) is 15.5. The third-order valence-electron chi connectivity index (χ3n) is 3.91. The van der Waals surface area contributed by atoms with E-state index in [2.05, 4.69) is 16.6 Å². The number of pyridine rings is 1. The highest BCUT2D eigenvalue weighted by molar-refractivity contribution is 7.89. The number of aliphatic hydroxyl groups is 1. The van der Waals surface area contributed by atoms with Gasteiger partial charge in [-0.25, -0.2) is 18.1 Å². The van der Waals surface area contributed by atoms with E-state index in [9.17, 15) is 13.5 Å². The first-order chi connectivity index (χ1) is 9.91. The van der Waals surface area contributed by atoms with Gasteiger partial charge >= 0.3 is 0 Å². The molecule has 21 heavy (non-hydrogen) atoms. The molecule has 0 amide bonds. The van der Waals surface area contributed by atoms with E-state index in [4.69, 9.17) is 5.26 Å². The quantitative estimate of drug-likeness (QED) is 0.869. The van der Waals surface area contributed by atoms with Crippen molar-refractivity contribution in [2.75, 3.05) is 6.61 Å². The van der Waals surface area contributed by atoms with Crippen LogP contribution in [0.3, 0.4) is 0 Å². The Hall–Kier alpha value is -1.49. The molecule has 6 nitrogen and oxygen atoms in total. The highest BCUT2D eigenvalue weighted by Crippen LogP contribution is 2.33. The Bertz CT molecular complexity index is 636. The number of nitrogens with one attached hydrogen (secondary N) is 1. The Labute approximate surface area is 124 Å². The number of aromatic nitrogens is 1. The van der Waals surface area contributed by atoms with Crippen molar-refractivity contribution in [3.8, 4) is 6.07 Å². The molecule has 2 N–H and O–H groups in total. The second-order valence-electron chi connectivity index (χ2n) is 5.74. The van der Waals surface area contributed by atoms with Gasteiger partial charge in [-0.2, -0.15) is 5.26 Å². The van der Waals surface area contributed by atoms with Gasteiger partial charge in [0.1, 0.15) is 16.7 Å². The van der Waals surface area contributed by atoms with Gasteiger partial charge in [0.2, 0.25) is 10.0 Å². The van der Waals surface area contributed by atoms with Crippen LogP contribution in [0.4, 0.5) is 0 Å². The standard InChI is InChI=1S/C14H19N3O3S/c1-11-3-2-6-14(7-11,10-18)17-21(19,20)13-5-4-12(8-15)16-9-13/h4-5,9,11,17-18H,2-3,6-7,10H2,1H3. The summed E-state index contributed by atoms with van der Waals surface area (Å²) < 4.78 is 27.5. The van der Waals surface area contributed by atoms with Gasteiger partial charge in [0.15, 0.2) is 0 Å². The maximum atomic E-state index is 12.4. The normalized spacial score (nSPS) is 26.2. The average Bonchev–Trinajstić information content (AvgIpc) is 2.47. The van der Waals surface area contributed by atoms with E-state index in [-0.39, 0.29) is 17.2 Å². The van der Waals surface area contributed by atoms with E-state index in [1.165, 1.54) is 12.1 Å². The predicted molar refractivity (Wildman–Crippen MR) is 76.7 cm³/mol. The fourth-order valence-electron chi connectivity index (χ4n) is 2.88. The first-order valence-corrected chi connectivity index (χ1v) is 8.40. The maximum absolute atomic E-state index is 12.4. The molecule has 2 unspecified atom stereocenters. The molecule has 1 aliphatic rings. The van der Waals surface area contributed by atoms with Gasteiger partial charge in [-0.15, -0.1) is 0 Å². The Kier molecular flexibility index (Phi) is 4.61. The lowest BCUT2D eigenvalue weighted by molar-refractivity contribution is 0.119. The van der Waals surface area contributed by atoms with Gasteiger partial charge in [0.05, 0.1) is 12.1 Å². The minimum atomic E-state index is -3.76. The number of sulfonamides is 1. The summed E-state index contributed by atoms with van der Waals surface area (Å²) in [5, 5.41) is 18.4. The zero-order valence-corrected chi connectivity index (χ0v) is 12.7. The van der Waals surface area contributed by atoms with Crippen molar-refractivity contribution >= 4 is 10.0 Å². The second kappa shape index (κ2) is 6.10. The molecule has 1 aromatic rings. The molecule has 2 atom stereocenters. The van der Waals surface area contributed by atoms with Crippen LogP contribution in [-0.2, 0) is 10.0 Å². The summed E-state index contributed by atoms with van der Waals surface area (Å²) in [5.41, 5.74) is -0.637. The molecular formula is C14H19N3O3S. The molecule has 0 aliphatic heterocycles. The van der Waals surface area contributed by atoms with Crippen molar-refractivity contribution < 1.29 is 13.5 Å². The second-order valence-corrected chi connectivity index (χ2v) is 7.42. The van der Waals surface area contributed by atoms with Crippen molar-refractivity contribution in [2.45, 2.75) is 43.0 Å². The van der Waals surface area contributed by atoms with E-state index in [1.807, 2.05) is 6.07 Å². The van der Waals surface area contributed by atoms with Crippen molar-refractivity contribution in [3.05, 3.63) is 24.0 Å². The molecule has 1 heterocycles. The number of nitrogens with zero attached hydrogens (tertiary/aromatic N) is 2. The Morgan fingerprint density at radius 2 is 2.33 bits per heavy atom. The van der Waals surface area contributed by atoms with Crippen molar-refractivity contribution in [2.24, 2.45) is 5.92 Å². The third-order valence-corrected chi connectivity index (χ3v) is 5.47. The van der Waals surface area contributed by atoms with E-state index < -0.39 is 15.6 Å². The minimum absolute atomic E-state index is 0.00699. The van der Waals surface area contributed by atoms with Crippen molar-refractivity contribution in [1.29, 1.82) is 5.26 Å². The summed E-state index contributed by atoms with van der Waals surface area (Å²) in [6, 6.07) is 4.56. The monoisotopic (exact) mass is 309 g/mol. The molecule has 2 rings (SSSR count). The molecule has 0 aromatic carbocycles. The molecule has 0 bridgehead atoms. The summed E-state index contributed by atoms with van der Waals surface area (Å²) in [6.07, 6.45) is 4.33. The first kappa shape index (κ1) is 15.9. The average molecular weight is 309 g/mol. The number of rotatable bonds is 4. The fraction of sp³-hybridized carbons (Fsp3) is 0.571. The zero-order valence-electron chi connectivity index (χ0n) is 11.9. The van der Waals surface area contributed by atoms with E-state index >= 15 is 0 Å². The van der Waals surface area contributed by atoms with Crippen LogP contribution in [0.5, 0.6) is 0 Å². The lowest BCUT2D eigenvalue weighted by atomic mass is 9.78. The summed E-state index contributed by atoms with van der Waals surface area (Å²) in [6.45, 7) is 1.83. The van der Waals surface area contributed by atoms with Crippen LogP contribution >= 0.6 is 0 Å². The van der Waals surface area contributed by atoms with Crippen molar-refractivity contribution in [1.82, 2.24) is 9.71 Å². The van der Waals surface area contributed by atoms with Gasteiger partial charge in [-0.1, -0.05) is 19.8 Å². The van der Waals surface area contributed by atoms with Crippen LogP contribution in [0, 0.1) is 17.2 Å². The topological polar surface area (TPSA) is 103 Å². The Morgan fingerprint density at radius 1 is 1.57 bits per heavy atom. The highest BCUT2D eigenvalue weighted by atomic mass is 32.2. The number of hydrogen-bond donors (Lipinski definition) is 2. The largest absolute Gasteiger partial charge is 0.394 e. The Balaban J connectivity index is 2.24. The van der Waals surface area contributed by atoms with E-state index in [0.29, 0.717) is 18.8 Å². The smallest absolute Gasteiger partial charge is 0.242 e. The SMILES string of the molecule is CC1CCCC(CO)(NS(=O)(=O)c2ccc(C#N)nc2)C1. The summed E-state index contributed by atoms with van der Waals surface area (Å²) >= 11 is 0. The first-order valence-electron chi connectivity index (χ1n) is 6.92. The number of nitriles is 1. The molecule has 1 saturated carbocycles. The lowest BCUT2D eigenvalue weighted by Gasteiger charge is -2.38. The predicted octanol–water partition coefficient (Wildman–Crippen LogP) is 1.17. The molecule has 1 aromatic heterocycles. The highest BCUT2D eigenvalue weighted by Gasteiger charge is 2.38. The molecule has 0 saturated heterocycles. The van der Waals surface area contributed by atoms with Gasteiger partial charge in [0, 0.05) is 6.20 Å². The van der Waals surface area contributed by atoms with Crippen molar-refractivity contribution in [3.63, 3.8) is 0 Å². The summed E-state index contributed by atoms with van der Waals surface area (Å²) in [7, 11) is -3.76. The summed E-state index contributed by atoms with van der Waals surface area (Å²) in [4.78, 5) is 3.78. The van der Waals surface area contributed by atoms with Crippen LogP contribution in [0.1, 0.15) is 38.3 Å². The lowest BCUT2D eigenvalue weighted by Crippen LogP contribution is -2.53. The molecule has 114 valence electrons. The number of hydrogen-bond acceptors (Lipinski definition) is 5. The fourth-order valence-corrected chi connectivity index (χ4v) is 4.25. The minimum Gasteiger partial charge on any atom is -0.394 e. The third kappa shape index (κ3) is 3.59. The molecule has 1 fully saturated rings. The van der Waals surface area contributed by atoms with E-state index in [1.54, 1.807) is 0 Å². The molecular weight excluding hydrogens is 290 g/mol. The van der Waals surface area contributed by atoms with E-state index in [0.717, 1.165) is 19.0 Å². The maximum Gasteiger partial charge on any atom is 0.242 e. The summed E-state index contributed by atoms with van der Waals surface area (Å²) in [5.74, 6) is 0.368. The van der Waals surface area contributed by atoms with Gasteiger partial charge in [-0.05, 0) is 30.9 Å². The molecule has 0 radical (unpaired) electrons. The molecule has 7 heteroatoms. The molecule has 0 spiro atoms. The van der Waals surface area contributed by atoms with Gasteiger partial charge < -0.3 is 5.11 Å². The van der Waals surface area contributed by atoms with Crippen LogP contribution in [0.15, 0.2) is 23.2 Å². The van der Waals surface area contributed by atoms with Crippen LogP contribution < -0.4 is 4.72 Å². The van der Waals surface area contributed by atoms with Gasteiger partial charge in [0.25, 0.3) is 0 Å². The van der Waals surface area contributed by atoms with Crippen LogP contribution in [-0.4, -0.2) is 30.7 Å². The Morgan fingerprint density at radius 3 is 2.86 bits per heavy atom. The van der Waals surface area contributed by atoms with Crippen LogP contribution in [0.25, 0.3) is 0 Å². The molecule has 1 aliphatic carbocycles. The van der Waals surface area contributed by atoms with Crippen LogP contribution in [0.2, 0.25) is 0 Å².